The summed E-state index contributed by atoms with van der Waals surface area (Å²) in [6.45, 7) is 2.22. The fraction of sp³-hybridized carbons (Fsp3) is 0.500. The van der Waals surface area contributed by atoms with Crippen molar-refractivity contribution in [1.29, 1.82) is 0 Å². The maximum absolute atomic E-state index is 12.7. The van der Waals surface area contributed by atoms with Gasteiger partial charge in [-0.15, -0.1) is 11.3 Å². The molecule has 6 nitrogen and oxygen atoms in total. The molecule has 1 saturated heterocycles. The summed E-state index contributed by atoms with van der Waals surface area (Å²) >= 11 is 1.23. The third-order valence-corrected chi connectivity index (χ3v) is 6.62. The first kappa shape index (κ1) is 13.7. The zero-order chi connectivity index (χ0) is 14.2. The Morgan fingerprint density at radius 1 is 1.45 bits per heavy atom. The minimum Gasteiger partial charge on any atom is -0.338 e. The molecule has 0 saturated carbocycles. The SMILES string of the molecule is Cc1noc(C2CCCCN2S(=O)(=O)c2cccs2)n1. The van der Waals surface area contributed by atoms with Crippen LogP contribution in [0.3, 0.4) is 0 Å². The standard InChI is InChI=1S/C12H15N3O3S2/c1-9-13-12(18-14-9)10-5-2-3-7-15(10)20(16,17)11-6-4-8-19-11/h4,6,8,10H,2-3,5,7H2,1H3. The Morgan fingerprint density at radius 2 is 2.30 bits per heavy atom. The van der Waals surface area contributed by atoms with Gasteiger partial charge in [-0.25, -0.2) is 8.42 Å². The van der Waals surface area contributed by atoms with Gasteiger partial charge in [-0.3, -0.25) is 0 Å². The van der Waals surface area contributed by atoms with Crippen LogP contribution in [0.5, 0.6) is 0 Å². The number of thiophene rings is 1. The van der Waals surface area contributed by atoms with Crippen LogP contribution in [0.15, 0.2) is 26.2 Å². The van der Waals surface area contributed by atoms with Crippen LogP contribution in [0, 0.1) is 6.92 Å². The monoisotopic (exact) mass is 313 g/mol. The van der Waals surface area contributed by atoms with Crippen LogP contribution < -0.4 is 0 Å². The van der Waals surface area contributed by atoms with Crippen LogP contribution in [0.4, 0.5) is 0 Å². The van der Waals surface area contributed by atoms with Crippen molar-refractivity contribution in [2.45, 2.75) is 36.4 Å². The fourth-order valence-electron chi connectivity index (χ4n) is 2.41. The average Bonchev–Trinajstić information content (AvgIpc) is 3.10. The van der Waals surface area contributed by atoms with E-state index in [1.165, 1.54) is 15.6 Å². The maximum atomic E-state index is 12.7. The van der Waals surface area contributed by atoms with Gasteiger partial charge in [-0.05, 0) is 31.2 Å². The van der Waals surface area contributed by atoms with Crippen molar-refractivity contribution in [3.05, 3.63) is 29.2 Å². The minimum atomic E-state index is -3.48. The van der Waals surface area contributed by atoms with Crippen LogP contribution in [0.25, 0.3) is 0 Å². The molecule has 8 heteroatoms. The Hall–Kier alpha value is -1.25. The molecule has 0 radical (unpaired) electrons. The van der Waals surface area contributed by atoms with E-state index in [0.717, 1.165) is 12.8 Å². The van der Waals surface area contributed by atoms with Gasteiger partial charge in [0.1, 0.15) is 10.3 Å². The third-order valence-electron chi connectivity index (χ3n) is 3.34. The normalized spacial score (nSPS) is 21.1. The van der Waals surface area contributed by atoms with Crippen molar-refractivity contribution >= 4 is 21.4 Å². The highest BCUT2D eigenvalue weighted by Crippen LogP contribution is 2.35. The molecule has 1 atom stereocenters. The second-order valence-corrected chi connectivity index (χ2v) is 7.80. The fourth-order valence-corrected chi connectivity index (χ4v) is 5.18. The molecule has 0 aromatic carbocycles. The Morgan fingerprint density at radius 3 is 2.95 bits per heavy atom. The number of sulfonamides is 1. The van der Waals surface area contributed by atoms with Crippen molar-refractivity contribution < 1.29 is 12.9 Å². The first-order valence-electron chi connectivity index (χ1n) is 6.44. The number of rotatable bonds is 3. The molecule has 20 heavy (non-hydrogen) atoms. The number of nitrogens with zero attached hydrogens (tertiary/aromatic N) is 3. The van der Waals surface area contributed by atoms with Crippen molar-refractivity contribution in [3.8, 4) is 0 Å². The predicted molar refractivity (Wildman–Crippen MR) is 73.8 cm³/mol. The molecule has 3 rings (SSSR count). The lowest BCUT2D eigenvalue weighted by Crippen LogP contribution is -2.38. The van der Waals surface area contributed by atoms with Gasteiger partial charge in [-0.1, -0.05) is 17.6 Å². The smallest absolute Gasteiger partial charge is 0.253 e. The maximum Gasteiger partial charge on any atom is 0.253 e. The number of aromatic nitrogens is 2. The van der Waals surface area contributed by atoms with E-state index < -0.39 is 10.0 Å². The Labute approximate surface area is 121 Å². The molecule has 0 N–H and O–H groups in total. The van der Waals surface area contributed by atoms with Crippen LogP contribution in [-0.4, -0.2) is 29.4 Å². The molecule has 1 aliphatic heterocycles. The molecule has 3 heterocycles. The second-order valence-electron chi connectivity index (χ2n) is 4.74. The zero-order valence-corrected chi connectivity index (χ0v) is 12.7. The van der Waals surface area contributed by atoms with E-state index in [2.05, 4.69) is 10.1 Å². The van der Waals surface area contributed by atoms with E-state index in [9.17, 15) is 8.42 Å². The number of hydrogen-bond acceptors (Lipinski definition) is 6. The molecular formula is C12H15N3O3S2. The van der Waals surface area contributed by atoms with E-state index >= 15 is 0 Å². The van der Waals surface area contributed by atoms with Gasteiger partial charge in [0, 0.05) is 6.54 Å². The molecule has 1 fully saturated rings. The molecule has 0 bridgehead atoms. The van der Waals surface area contributed by atoms with E-state index in [4.69, 9.17) is 4.52 Å². The van der Waals surface area contributed by atoms with Crippen molar-refractivity contribution in [2.75, 3.05) is 6.54 Å². The minimum absolute atomic E-state index is 0.350. The molecular weight excluding hydrogens is 298 g/mol. The van der Waals surface area contributed by atoms with Crippen LogP contribution in [-0.2, 0) is 10.0 Å². The van der Waals surface area contributed by atoms with E-state index in [1.54, 1.807) is 24.4 Å². The van der Waals surface area contributed by atoms with Gasteiger partial charge in [0.2, 0.25) is 5.89 Å². The molecule has 1 aliphatic rings. The van der Waals surface area contributed by atoms with E-state index in [0.29, 0.717) is 28.9 Å². The van der Waals surface area contributed by atoms with Gasteiger partial charge in [-0.2, -0.15) is 9.29 Å². The highest BCUT2D eigenvalue weighted by atomic mass is 32.2. The number of aryl methyl sites for hydroxylation is 1. The molecule has 0 aliphatic carbocycles. The topological polar surface area (TPSA) is 76.3 Å². The van der Waals surface area contributed by atoms with Crippen molar-refractivity contribution in [3.63, 3.8) is 0 Å². The lowest BCUT2D eigenvalue weighted by atomic mass is 10.1. The average molecular weight is 313 g/mol. The van der Waals surface area contributed by atoms with Crippen molar-refractivity contribution in [2.24, 2.45) is 0 Å². The van der Waals surface area contributed by atoms with Crippen molar-refractivity contribution in [1.82, 2.24) is 14.4 Å². The Balaban J connectivity index is 1.97. The van der Waals surface area contributed by atoms with Gasteiger partial charge < -0.3 is 4.52 Å². The number of piperidine rings is 1. The third kappa shape index (κ3) is 2.38. The van der Waals surface area contributed by atoms with Gasteiger partial charge in [0.15, 0.2) is 5.82 Å². The molecule has 2 aromatic rings. The van der Waals surface area contributed by atoms with Crippen LogP contribution in [0.2, 0.25) is 0 Å². The van der Waals surface area contributed by atoms with Gasteiger partial charge >= 0.3 is 0 Å². The quantitative estimate of drug-likeness (QED) is 0.869. The summed E-state index contributed by atoms with van der Waals surface area (Å²) in [6, 6.07) is 3.02. The highest BCUT2D eigenvalue weighted by molar-refractivity contribution is 7.91. The second kappa shape index (κ2) is 5.27. The van der Waals surface area contributed by atoms with Gasteiger partial charge in [0.25, 0.3) is 10.0 Å². The summed E-state index contributed by atoms with van der Waals surface area (Å²) in [5, 5.41) is 5.53. The molecule has 0 amide bonds. The first-order chi connectivity index (χ1) is 9.59. The lowest BCUT2D eigenvalue weighted by molar-refractivity contribution is 0.205. The summed E-state index contributed by atoms with van der Waals surface area (Å²) in [7, 11) is -3.48. The molecule has 2 aromatic heterocycles. The molecule has 0 spiro atoms. The van der Waals surface area contributed by atoms with E-state index in [-0.39, 0.29) is 6.04 Å². The summed E-state index contributed by atoms with van der Waals surface area (Å²) in [6.07, 6.45) is 2.53. The summed E-state index contributed by atoms with van der Waals surface area (Å²) in [5.41, 5.74) is 0. The van der Waals surface area contributed by atoms with Crippen LogP contribution in [0.1, 0.15) is 37.0 Å². The summed E-state index contributed by atoms with van der Waals surface area (Å²) in [4.78, 5) is 4.20. The predicted octanol–water partition coefficient (Wildman–Crippen LogP) is 2.36. The highest BCUT2D eigenvalue weighted by Gasteiger charge is 2.37. The largest absolute Gasteiger partial charge is 0.338 e. The summed E-state index contributed by atoms with van der Waals surface area (Å²) in [5.74, 6) is 0.918. The summed E-state index contributed by atoms with van der Waals surface area (Å²) < 4.78 is 32.4. The molecule has 108 valence electrons. The van der Waals surface area contributed by atoms with Gasteiger partial charge in [0.05, 0.1) is 0 Å². The Bertz CT molecular complexity index is 679. The zero-order valence-electron chi connectivity index (χ0n) is 11.0. The Kier molecular flexibility index (Phi) is 3.61. The first-order valence-corrected chi connectivity index (χ1v) is 8.76. The number of hydrogen-bond donors (Lipinski definition) is 0. The lowest BCUT2D eigenvalue weighted by Gasteiger charge is -2.31. The van der Waals surface area contributed by atoms with Crippen LogP contribution >= 0.6 is 11.3 Å². The molecule has 1 unspecified atom stereocenters. The van der Waals surface area contributed by atoms with E-state index in [1.807, 2.05) is 0 Å².